The second-order valence-electron chi connectivity index (χ2n) is 5.64. The lowest BCUT2D eigenvalue weighted by atomic mass is 9.96. The SMILES string of the molecule is CC(C)C(NCc1nc(-c2cccs2)no1)c1ccc(F)cc1. The zero-order chi connectivity index (χ0) is 16.2. The number of nitrogens with zero attached hydrogens (tertiary/aromatic N) is 2. The third-order valence-corrected chi connectivity index (χ3v) is 4.44. The molecular weight excluding hydrogens is 313 g/mol. The lowest BCUT2D eigenvalue weighted by Gasteiger charge is -2.22. The van der Waals surface area contributed by atoms with Crippen LogP contribution in [0.1, 0.15) is 31.3 Å². The number of rotatable bonds is 6. The summed E-state index contributed by atoms with van der Waals surface area (Å²) in [5.74, 6) is 1.27. The molecule has 0 saturated carbocycles. The van der Waals surface area contributed by atoms with Crippen LogP contribution < -0.4 is 5.32 Å². The van der Waals surface area contributed by atoms with Gasteiger partial charge in [-0.3, -0.25) is 0 Å². The first-order chi connectivity index (χ1) is 11.1. The van der Waals surface area contributed by atoms with Crippen LogP contribution in [0, 0.1) is 11.7 Å². The van der Waals surface area contributed by atoms with Crippen molar-refractivity contribution in [1.29, 1.82) is 0 Å². The summed E-state index contributed by atoms with van der Waals surface area (Å²) in [6.45, 7) is 4.70. The van der Waals surface area contributed by atoms with E-state index in [0.717, 1.165) is 10.4 Å². The number of benzene rings is 1. The van der Waals surface area contributed by atoms with Crippen molar-refractivity contribution >= 4 is 11.3 Å². The summed E-state index contributed by atoms with van der Waals surface area (Å²) in [6, 6.07) is 10.6. The van der Waals surface area contributed by atoms with E-state index in [1.165, 1.54) is 12.1 Å². The first-order valence-corrected chi connectivity index (χ1v) is 8.37. The van der Waals surface area contributed by atoms with Crippen molar-refractivity contribution < 1.29 is 8.91 Å². The second-order valence-corrected chi connectivity index (χ2v) is 6.59. The highest BCUT2D eigenvalue weighted by atomic mass is 32.1. The summed E-state index contributed by atoms with van der Waals surface area (Å²) in [7, 11) is 0. The molecule has 0 aliphatic carbocycles. The maximum absolute atomic E-state index is 13.1. The molecule has 3 rings (SSSR count). The highest BCUT2D eigenvalue weighted by molar-refractivity contribution is 7.13. The molecule has 0 fully saturated rings. The number of hydrogen-bond acceptors (Lipinski definition) is 5. The number of hydrogen-bond donors (Lipinski definition) is 1. The Kier molecular flexibility index (Phi) is 4.83. The molecule has 0 saturated heterocycles. The van der Waals surface area contributed by atoms with Crippen molar-refractivity contribution in [2.45, 2.75) is 26.4 Å². The molecule has 1 unspecified atom stereocenters. The molecule has 6 heteroatoms. The molecule has 4 nitrogen and oxygen atoms in total. The lowest BCUT2D eigenvalue weighted by molar-refractivity contribution is 0.337. The Balaban J connectivity index is 1.68. The van der Waals surface area contributed by atoms with Gasteiger partial charge in [-0.15, -0.1) is 11.3 Å². The van der Waals surface area contributed by atoms with Crippen LogP contribution in [-0.2, 0) is 6.54 Å². The van der Waals surface area contributed by atoms with Crippen LogP contribution in [0.25, 0.3) is 10.7 Å². The standard InChI is InChI=1S/C17H18FN3OS/c1-11(2)16(12-5-7-13(18)8-6-12)19-10-15-20-17(21-22-15)14-4-3-9-23-14/h3-9,11,16,19H,10H2,1-2H3. The van der Waals surface area contributed by atoms with E-state index < -0.39 is 0 Å². The maximum atomic E-state index is 13.1. The van der Waals surface area contributed by atoms with Gasteiger partial charge in [-0.1, -0.05) is 37.2 Å². The zero-order valence-corrected chi connectivity index (χ0v) is 13.8. The van der Waals surface area contributed by atoms with Crippen LogP contribution in [-0.4, -0.2) is 10.1 Å². The molecule has 0 spiro atoms. The smallest absolute Gasteiger partial charge is 0.240 e. The van der Waals surface area contributed by atoms with Crippen molar-refractivity contribution in [1.82, 2.24) is 15.5 Å². The van der Waals surface area contributed by atoms with Crippen molar-refractivity contribution in [2.24, 2.45) is 5.92 Å². The molecule has 1 aromatic carbocycles. The fourth-order valence-corrected chi connectivity index (χ4v) is 3.09. The quantitative estimate of drug-likeness (QED) is 0.726. The Morgan fingerprint density at radius 2 is 2.00 bits per heavy atom. The molecule has 2 aromatic heterocycles. The third-order valence-electron chi connectivity index (χ3n) is 3.58. The maximum Gasteiger partial charge on any atom is 0.240 e. The second kappa shape index (κ2) is 7.02. The van der Waals surface area contributed by atoms with Gasteiger partial charge in [0.25, 0.3) is 0 Å². The Hall–Kier alpha value is -2.05. The van der Waals surface area contributed by atoms with Crippen molar-refractivity contribution in [2.75, 3.05) is 0 Å². The largest absolute Gasteiger partial charge is 0.338 e. The Morgan fingerprint density at radius 1 is 1.22 bits per heavy atom. The van der Waals surface area contributed by atoms with Gasteiger partial charge in [0, 0.05) is 6.04 Å². The molecule has 0 bridgehead atoms. The highest BCUT2D eigenvalue weighted by Gasteiger charge is 2.17. The van der Waals surface area contributed by atoms with Gasteiger partial charge in [-0.2, -0.15) is 4.98 Å². The van der Waals surface area contributed by atoms with Crippen LogP contribution in [0.5, 0.6) is 0 Å². The van der Waals surface area contributed by atoms with Gasteiger partial charge >= 0.3 is 0 Å². The summed E-state index contributed by atoms with van der Waals surface area (Å²) >= 11 is 1.58. The normalized spacial score (nSPS) is 12.7. The molecule has 0 aliphatic rings. The minimum Gasteiger partial charge on any atom is -0.338 e. The van der Waals surface area contributed by atoms with E-state index in [0.29, 0.717) is 24.2 Å². The van der Waals surface area contributed by atoms with Crippen LogP contribution in [0.15, 0.2) is 46.3 Å². The van der Waals surface area contributed by atoms with Crippen LogP contribution in [0.4, 0.5) is 4.39 Å². The number of aromatic nitrogens is 2. The van der Waals surface area contributed by atoms with E-state index in [2.05, 4.69) is 29.3 Å². The molecule has 0 amide bonds. The predicted octanol–water partition coefficient (Wildman–Crippen LogP) is 4.42. The van der Waals surface area contributed by atoms with E-state index in [9.17, 15) is 4.39 Å². The summed E-state index contributed by atoms with van der Waals surface area (Å²) in [4.78, 5) is 5.39. The first kappa shape index (κ1) is 15.8. The molecule has 0 aliphatic heterocycles. The van der Waals surface area contributed by atoms with E-state index in [4.69, 9.17) is 4.52 Å². The van der Waals surface area contributed by atoms with E-state index in [-0.39, 0.29) is 11.9 Å². The van der Waals surface area contributed by atoms with Gasteiger partial charge in [0.05, 0.1) is 11.4 Å². The molecule has 1 atom stereocenters. The molecule has 120 valence electrons. The number of nitrogens with one attached hydrogen (secondary N) is 1. The molecule has 3 aromatic rings. The van der Waals surface area contributed by atoms with Crippen LogP contribution in [0.3, 0.4) is 0 Å². The summed E-state index contributed by atoms with van der Waals surface area (Å²) in [5, 5.41) is 9.39. The summed E-state index contributed by atoms with van der Waals surface area (Å²) < 4.78 is 18.4. The first-order valence-electron chi connectivity index (χ1n) is 7.49. The van der Waals surface area contributed by atoms with E-state index in [1.54, 1.807) is 23.5 Å². The average molecular weight is 331 g/mol. The Labute approximate surface area is 138 Å². The number of thiophene rings is 1. The molecule has 2 heterocycles. The minimum atomic E-state index is -0.228. The monoisotopic (exact) mass is 331 g/mol. The molecular formula is C17H18FN3OS. The average Bonchev–Trinajstić information content (AvgIpc) is 3.19. The topological polar surface area (TPSA) is 51.0 Å². The van der Waals surface area contributed by atoms with Crippen molar-refractivity contribution in [3.05, 3.63) is 59.0 Å². The Morgan fingerprint density at radius 3 is 2.65 bits per heavy atom. The van der Waals surface area contributed by atoms with Gasteiger partial charge in [0.2, 0.25) is 11.7 Å². The van der Waals surface area contributed by atoms with Gasteiger partial charge in [0.1, 0.15) is 5.82 Å². The van der Waals surface area contributed by atoms with Crippen LogP contribution >= 0.6 is 11.3 Å². The van der Waals surface area contributed by atoms with Crippen molar-refractivity contribution in [3.63, 3.8) is 0 Å². The minimum absolute atomic E-state index is 0.0905. The lowest BCUT2D eigenvalue weighted by Crippen LogP contribution is -2.25. The molecule has 23 heavy (non-hydrogen) atoms. The van der Waals surface area contributed by atoms with Gasteiger partial charge in [0.15, 0.2) is 0 Å². The molecule has 0 radical (unpaired) electrons. The van der Waals surface area contributed by atoms with Gasteiger partial charge in [-0.05, 0) is 35.1 Å². The van der Waals surface area contributed by atoms with Crippen molar-refractivity contribution in [3.8, 4) is 10.7 Å². The third kappa shape index (κ3) is 3.83. The predicted molar refractivity (Wildman–Crippen MR) is 88.4 cm³/mol. The highest BCUT2D eigenvalue weighted by Crippen LogP contribution is 2.24. The zero-order valence-electron chi connectivity index (χ0n) is 13.0. The summed E-state index contributed by atoms with van der Waals surface area (Å²) in [6.07, 6.45) is 0. The summed E-state index contributed by atoms with van der Waals surface area (Å²) in [5.41, 5.74) is 1.04. The van der Waals surface area contributed by atoms with E-state index in [1.807, 2.05) is 17.5 Å². The fraction of sp³-hybridized carbons (Fsp3) is 0.294. The van der Waals surface area contributed by atoms with Gasteiger partial charge < -0.3 is 9.84 Å². The number of halogens is 1. The fourth-order valence-electron chi connectivity index (χ4n) is 2.44. The van der Waals surface area contributed by atoms with E-state index >= 15 is 0 Å². The molecule has 1 N–H and O–H groups in total. The Bertz CT molecular complexity index is 738. The van der Waals surface area contributed by atoms with Crippen LogP contribution in [0.2, 0.25) is 0 Å². The van der Waals surface area contributed by atoms with Gasteiger partial charge in [-0.25, -0.2) is 4.39 Å².